The Bertz CT molecular complexity index is 960. The fourth-order valence-electron chi connectivity index (χ4n) is 1.70. The van der Waals surface area contributed by atoms with Crippen LogP contribution in [0, 0.1) is 6.92 Å². The maximum atomic E-state index is 12.2. The molecule has 0 spiro atoms. The Morgan fingerprint density at radius 1 is 1.25 bits per heavy atom. The van der Waals surface area contributed by atoms with Gasteiger partial charge < -0.3 is 0 Å². The first-order valence-corrected chi connectivity index (χ1v) is 7.33. The SMILES string of the molecule is Cc1nn2c(=O)/c(=C/c3ccc(Br)cc3)sc2nc1=O. The fraction of sp³-hybridized carbons (Fsp3) is 0.0769. The fourth-order valence-corrected chi connectivity index (χ4v) is 2.87. The lowest BCUT2D eigenvalue weighted by Crippen LogP contribution is -2.27. The first-order valence-electron chi connectivity index (χ1n) is 5.72. The number of hydrogen-bond donors (Lipinski definition) is 0. The molecule has 0 saturated carbocycles. The van der Waals surface area contributed by atoms with E-state index in [4.69, 9.17) is 0 Å². The number of benzene rings is 1. The highest BCUT2D eigenvalue weighted by atomic mass is 79.9. The van der Waals surface area contributed by atoms with Crippen molar-refractivity contribution in [2.45, 2.75) is 6.92 Å². The standard InChI is InChI=1S/C13H8BrN3O2S/c1-7-11(18)15-13-17(16-7)12(19)10(20-13)6-8-2-4-9(14)5-3-8/h2-6H,1H3/b10-6-. The van der Waals surface area contributed by atoms with Crippen molar-refractivity contribution >= 4 is 38.3 Å². The second-order valence-corrected chi connectivity index (χ2v) is 6.09. The third-order valence-electron chi connectivity index (χ3n) is 2.71. The summed E-state index contributed by atoms with van der Waals surface area (Å²) in [7, 11) is 0. The van der Waals surface area contributed by atoms with E-state index >= 15 is 0 Å². The third-order valence-corrected chi connectivity index (χ3v) is 4.20. The molecule has 0 amide bonds. The number of aromatic nitrogens is 3. The molecule has 0 aliphatic rings. The molecular formula is C13H8BrN3O2S. The molecule has 0 unspecified atom stereocenters. The van der Waals surface area contributed by atoms with Crippen LogP contribution in [0.5, 0.6) is 0 Å². The highest BCUT2D eigenvalue weighted by Gasteiger charge is 2.07. The average Bonchev–Trinajstić information content (AvgIpc) is 2.70. The summed E-state index contributed by atoms with van der Waals surface area (Å²) in [6.45, 7) is 1.54. The monoisotopic (exact) mass is 349 g/mol. The van der Waals surface area contributed by atoms with Crippen LogP contribution in [-0.2, 0) is 0 Å². The van der Waals surface area contributed by atoms with Gasteiger partial charge in [-0.15, -0.1) is 0 Å². The molecular weight excluding hydrogens is 342 g/mol. The Balaban J connectivity index is 2.27. The number of aryl methyl sites for hydroxylation is 1. The largest absolute Gasteiger partial charge is 0.295 e. The van der Waals surface area contributed by atoms with Crippen molar-refractivity contribution in [3.05, 3.63) is 65.2 Å². The van der Waals surface area contributed by atoms with Gasteiger partial charge in [-0.3, -0.25) is 9.59 Å². The number of nitrogens with zero attached hydrogens (tertiary/aromatic N) is 3. The first-order chi connectivity index (χ1) is 9.54. The van der Waals surface area contributed by atoms with Crippen LogP contribution in [0.4, 0.5) is 0 Å². The molecule has 3 rings (SSSR count). The number of fused-ring (bicyclic) bond motifs is 1. The van der Waals surface area contributed by atoms with Gasteiger partial charge >= 0.3 is 0 Å². The van der Waals surface area contributed by atoms with Crippen molar-refractivity contribution in [1.29, 1.82) is 0 Å². The highest BCUT2D eigenvalue weighted by Crippen LogP contribution is 2.10. The predicted molar refractivity (Wildman–Crippen MR) is 81.1 cm³/mol. The van der Waals surface area contributed by atoms with Crippen molar-refractivity contribution in [1.82, 2.24) is 14.6 Å². The summed E-state index contributed by atoms with van der Waals surface area (Å²) in [5.41, 5.74) is 0.453. The summed E-state index contributed by atoms with van der Waals surface area (Å²) in [5.74, 6) is 0. The highest BCUT2D eigenvalue weighted by molar-refractivity contribution is 9.10. The molecule has 0 bridgehead atoms. The van der Waals surface area contributed by atoms with Crippen LogP contribution in [0.15, 0.2) is 38.3 Å². The van der Waals surface area contributed by atoms with Gasteiger partial charge in [0.25, 0.3) is 11.1 Å². The summed E-state index contributed by atoms with van der Waals surface area (Å²) in [6.07, 6.45) is 1.76. The maximum absolute atomic E-state index is 12.2. The molecule has 0 saturated heterocycles. The molecule has 3 aromatic rings. The van der Waals surface area contributed by atoms with E-state index in [0.717, 1.165) is 21.4 Å². The first kappa shape index (κ1) is 13.1. The van der Waals surface area contributed by atoms with Crippen molar-refractivity contribution in [3.8, 4) is 0 Å². The minimum atomic E-state index is -0.401. The zero-order chi connectivity index (χ0) is 14.3. The quantitative estimate of drug-likeness (QED) is 0.660. The van der Waals surface area contributed by atoms with Crippen molar-refractivity contribution < 1.29 is 0 Å². The van der Waals surface area contributed by atoms with E-state index in [1.807, 2.05) is 24.3 Å². The van der Waals surface area contributed by atoms with Gasteiger partial charge in [0, 0.05) is 4.47 Å². The van der Waals surface area contributed by atoms with Crippen LogP contribution >= 0.6 is 27.3 Å². The van der Waals surface area contributed by atoms with Crippen molar-refractivity contribution in [3.63, 3.8) is 0 Å². The van der Waals surface area contributed by atoms with Gasteiger partial charge in [-0.1, -0.05) is 39.4 Å². The Hall–Kier alpha value is -1.86. The molecule has 0 fully saturated rings. The second kappa shape index (κ2) is 4.92. The second-order valence-electron chi connectivity index (χ2n) is 4.16. The molecule has 20 heavy (non-hydrogen) atoms. The van der Waals surface area contributed by atoms with E-state index in [2.05, 4.69) is 26.0 Å². The van der Waals surface area contributed by atoms with Gasteiger partial charge in [-0.05, 0) is 30.7 Å². The van der Waals surface area contributed by atoms with Crippen molar-refractivity contribution in [2.75, 3.05) is 0 Å². The lowest BCUT2D eigenvalue weighted by atomic mass is 10.2. The Morgan fingerprint density at radius 2 is 1.95 bits per heavy atom. The smallest absolute Gasteiger partial charge is 0.266 e. The van der Waals surface area contributed by atoms with E-state index in [1.165, 1.54) is 11.4 Å². The lowest BCUT2D eigenvalue weighted by molar-refractivity contribution is 0.833. The predicted octanol–water partition coefficient (Wildman–Crippen LogP) is 1.13. The summed E-state index contributed by atoms with van der Waals surface area (Å²) in [6, 6.07) is 7.58. The molecule has 1 aromatic carbocycles. The molecule has 0 atom stereocenters. The van der Waals surface area contributed by atoms with Crippen LogP contribution in [0.3, 0.4) is 0 Å². The molecule has 5 nitrogen and oxygen atoms in total. The molecule has 100 valence electrons. The van der Waals surface area contributed by atoms with E-state index in [0.29, 0.717) is 9.49 Å². The average molecular weight is 350 g/mol. The minimum absolute atomic E-state index is 0.215. The van der Waals surface area contributed by atoms with Crippen molar-refractivity contribution in [2.24, 2.45) is 0 Å². The Kier molecular flexibility index (Phi) is 3.23. The van der Waals surface area contributed by atoms with Gasteiger partial charge in [0.05, 0.1) is 4.53 Å². The van der Waals surface area contributed by atoms with Crippen LogP contribution in [0.1, 0.15) is 11.3 Å². The van der Waals surface area contributed by atoms with E-state index in [9.17, 15) is 9.59 Å². The minimum Gasteiger partial charge on any atom is -0.266 e. The summed E-state index contributed by atoms with van der Waals surface area (Å²) in [4.78, 5) is 27.8. The van der Waals surface area contributed by atoms with Gasteiger partial charge in [0.2, 0.25) is 4.96 Å². The number of halogens is 1. The molecule has 2 aromatic heterocycles. The van der Waals surface area contributed by atoms with Crippen LogP contribution < -0.4 is 15.7 Å². The van der Waals surface area contributed by atoms with Crippen LogP contribution in [0.25, 0.3) is 11.0 Å². The number of thiazole rings is 1. The molecule has 0 radical (unpaired) electrons. The Morgan fingerprint density at radius 3 is 2.65 bits per heavy atom. The molecule has 0 N–H and O–H groups in total. The zero-order valence-corrected chi connectivity index (χ0v) is 12.7. The van der Waals surface area contributed by atoms with Gasteiger partial charge in [0.15, 0.2) is 0 Å². The molecule has 7 heteroatoms. The maximum Gasteiger partial charge on any atom is 0.295 e. The van der Waals surface area contributed by atoms with E-state index in [1.54, 1.807) is 6.08 Å². The summed E-state index contributed by atoms with van der Waals surface area (Å²) < 4.78 is 2.64. The molecule has 0 aliphatic carbocycles. The van der Waals surface area contributed by atoms with Crippen LogP contribution in [0.2, 0.25) is 0 Å². The van der Waals surface area contributed by atoms with E-state index < -0.39 is 5.56 Å². The lowest BCUT2D eigenvalue weighted by Gasteiger charge is -1.91. The molecule has 2 heterocycles. The van der Waals surface area contributed by atoms with Crippen LogP contribution in [-0.4, -0.2) is 14.6 Å². The molecule has 0 aliphatic heterocycles. The Labute approximate surface area is 125 Å². The van der Waals surface area contributed by atoms with Gasteiger partial charge in [-0.25, -0.2) is 0 Å². The number of hydrogen-bond acceptors (Lipinski definition) is 5. The summed E-state index contributed by atoms with van der Waals surface area (Å²) in [5, 5.41) is 3.96. The summed E-state index contributed by atoms with van der Waals surface area (Å²) >= 11 is 4.51. The van der Waals surface area contributed by atoms with E-state index in [-0.39, 0.29) is 11.3 Å². The normalized spacial score (nSPS) is 12.2. The van der Waals surface area contributed by atoms with Gasteiger partial charge in [0.1, 0.15) is 5.69 Å². The van der Waals surface area contributed by atoms with Gasteiger partial charge in [-0.2, -0.15) is 14.6 Å². The topological polar surface area (TPSA) is 64.3 Å². The zero-order valence-electron chi connectivity index (χ0n) is 10.3. The third kappa shape index (κ3) is 2.30. The number of rotatable bonds is 1.